The van der Waals surface area contributed by atoms with Crippen LogP contribution in [-0.4, -0.2) is 26.3 Å². The lowest BCUT2D eigenvalue weighted by molar-refractivity contribution is 0.240. The van der Waals surface area contributed by atoms with Gasteiger partial charge in [0.1, 0.15) is 17.5 Å². The molecule has 0 amide bonds. The number of nitrogens with zero attached hydrogens (tertiary/aromatic N) is 4. The van der Waals surface area contributed by atoms with Crippen LogP contribution in [-0.2, 0) is 19.6 Å². The second-order valence-corrected chi connectivity index (χ2v) is 8.30. The third kappa shape index (κ3) is 4.96. The van der Waals surface area contributed by atoms with Gasteiger partial charge in [-0.3, -0.25) is 9.47 Å². The molecule has 0 unspecified atom stereocenters. The fourth-order valence-electron chi connectivity index (χ4n) is 3.52. The van der Waals surface area contributed by atoms with Crippen LogP contribution < -0.4 is 0 Å². The lowest BCUT2D eigenvalue weighted by Gasteiger charge is -2.17. The van der Waals surface area contributed by atoms with E-state index in [9.17, 15) is 8.78 Å². The van der Waals surface area contributed by atoms with Crippen LogP contribution in [0.2, 0.25) is 5.02 Å². The molecule has 0 radical (unpaired) electrons. The molecule has 4 nitrogen and oxygen atoms in total. The molecule has 0 aliphatic rings. The van der Waals surface area contributed by atoms with Crippen molar-refractivity contribution in [2.24, 2.45) is 0 Å². The molecule has 4 aromatic rings. The van der Waals surface area contributed by atoms with Gasteiger partial charge in [0.05, 0.1) is 6.67 Å². The van der Waals surface area contributed by atoms with Crippen molar-refractivity contribution < 1.29 is 8.78 Å². The van der Waals surface area contributed by atoms with Crippen LogP contribution in [0.1, 0.15) is 17.0 Å². The van der Waals surface area contributed by atoms with E-state index in [1.54, 1.807) is 28.9 Å². The van der Waals surface area contributed by atoms with Gasteiger partial charge in [-0.2, -0.15) is 5.10 Å². The number of hydrogen-bond acceptors (Lipinski definition) is 3. The smallest absolute Gasteiger partial charge is 0.203 e. The molecule has 0 bridgehead atoms. The van der Waals surface area contributed by atoms with E-state index in [0.29, 0.717) is 35.0 Å². The Kier molecular flexibility index (Phi) is 6.79. The highest BCUT2D eigenvalue weighted by Crippen LogP contribution is 2.21. The summed E-state index contributed by atoms with van der Waals surface area (Å²) in [5.41, 5.74) is 2.23. The molecule has 4 rings (SSSR count). The number of benzene rings is 3. The number of aromatic nitrogens is 3. The molecule has 0 spiro atoms. The van der Waals surface area contributed by atoms with Crippen LogP contribution in [0.4, 0.5) is 8.78 Å². The average molecular weight is 471 g/mol. The highest BCUT2D eigenvalue weighted by molar-refractivity contribution is 7.71. The van der Waals surface area contributed by atoms with Gasteiger partial charge in [0.25, 0.3) is 0 Å². The van der Waals surface area contributed by atoms with Gasteiger partial charge in [-0.05, 0) is 61.2 Å². The minimum absolute atomic E-state index is 0.296. The van der Waals surface area contributed by atoms with E-state index >= 15 is 0 Å². The minimum atomic E-state index is -0.352. The SMILES string of the molecule is CN(Cc1c(F)cccc1Cl)Cn1nc(Cc2ccccc2)n(-c2ccc(F)cc2)c1=S. The summed E-state index contributed by atoms with van der Waals surface area (Å²) in [6.45, 7) is 0.629. The maximum Gasteiger partial charge on any atom is 0.203 e. The molecule has 0 atom stereocenters. The number of hydrogen-bond donors (Lipinski definition) is 0. The van der Waals surface area contributed by atoms with Gasteiger partial charge in [0.2, 0.25) is 4.77 Å². The lowest BCUT2D eigenvalue weighted by Crippen LogP contribution is -2.23. The van der Waals surface area contributed by atoms with Crippen LogP contribution in [0, 0.1) is 16.4 Å². The molecular weight excluding hydrogens is 450 g/mol. The Bertz CT molecular complexity index is 1250. The van der Waals surface area contributed by atoms with Crippen LogP contribution in [0.25, 0.3) is 5.69 Å². The van der Waals surface area contributed by atoms with E-state index in [4.69, 9.17) is 28.9 Å². The molecule has 32 heavy (non-hydrogen) atoms. The zero-order valence-corrected chi connectivity index (χ0v) is 19.0. The number of rotatable bonds is 7. The molecule has 1 heterocycles. The van der Waals surface area contributed by atoms with Crippen molar-refractivity contribution in [1.29, 1.82) is 0 Å². The molecule has 1 aromatic heterocycles. The van der Waals surface area contributed by atoms with Crippen molar-refractivity contribution in [3.63, 3.8) is 0 Å². The molecule has 0 fully saturated rings. The molecule has 0 N–H and O–H groups in total. The largest absolute Gasteiger partial charge is 0.283 e. The molecule has 3 aromatic carbocycles. The standard InChI is InChI=1S/C24H21ClF2N4S/c1-29(15-20-21(25)8-5-9-22(20)27)16-30-24(32)31(19-12-10-18(26)11-13-19)23(28-30)14-17-6-3-2-4-7-17/h2-13H,14-16H2,1H3. The van der Waals surface area contributed by atoms with Gasteiger partial charge in [0, 0.05) is 29.2 Å². The van der Waals surface area contributed by atoms with Crippen molar-refractivity contribution in [1.82, 2.24) is 19.2 Å². The molecule has 8 heteroatoms. The van der Waals surface area contributed by atoms with E-state index < -0.39 is 0 Å². The fourth-order valence-corrected chi connectivity index (χ4v) is 4.05. The van der Waals surface area contributed by atoms with Crippen molar-refractivity contribution >= 4 is 23.8 Å². The summed E-state index contributed by atoms with van der Waals surface area (Å²) in [5.74, 6) is 0.0541. The first-order valence-corrected chi connectivity index (χ1v) is 10.8. The van der Waals surface area contributed by atoms with E-state index in [-0.39, 0.29) is 11.6 Å². The summed E-state index contributed by atoms with van der Waals surface area (Å²) in [4.78, 5) is 1.88. The predicted molar refractivity (Wildman–Crippen MR) is 124 cm³/mol. The normalized spacial score (nSPS) is 11.3. The van der Waals surface area contributed by atoms with Gasteiger partial charge in [-0.15, -0.1) is 0 Å². The molecule has 0 saturated carbocycles. The van der Waals surface area contributed by atoms with Crippen LogP contribution in [0.15, 0.2) is 72.8 Å². The summed E-state index contributed by atoms with van der Waals surface area (Å²) in [5, 5.41) is 5.12. The van der Waals surface area contributed by atoms with Crippen molar-refractivity contribution in [3.8, 4) is 5.69 Å². The first-order chi connectivity index (χ1) is 15.4. The monoisotopic (exact) mass is 470 g/mol. The highest BCUT2D eigenvalue weighted by atomic mass is 35.5. The highest BCUT2D eigenvalue weighted by Gasteiger charge is 2.16. The Morgan fingerprint density at radius 2 is 1.69 bits per heavy atom. The van der Waals surface area contributed by atoms with Crippen molar-refractivity contribution in [2.75, 3.05) is 7.05 Å². The van der Waals surface area contributed by atoms with E-state index in [2.05, 4.69) is 0 Å². The van der Waals surface area contributed by atoms with E-state index in [1.807, 2.05) is 46.8 Å². The van der Waals surface area contributed by atoms with Crippen molar-refractivity contribution in [2.45, 2.75) is 19.6 Å². The summed E-state index contributed by atoms with van der Waals surface area (Å²) in [7, 11) is 1.85. The summed E-state index contributed by atoms with van der Waals surface area (Å²) in [6, 6.07) is 20.7. The van der Waals surface area contributed by atoms with E-state index in [0.717, 1.165) is 17.1 Å². The summed E-state index contributed by atoms with van der Waals surface area (Å²) >= 11 is 11.9. The second-order valence-electron chi connectivity index (χ2n) is 7.53. The Morgan fingerprint density at radius 3 is 2.38 bits per heavy atom. The molecule has 0 saturated heterocycles. The maximum absolute atomic E-state index is 14.2. The minimum Gasteiger partial charge on any atom is -0.283 e. The lowest BCUT2D eigenvalue weighted by atomic mass is 10.1. The van der Waals surface area contributed by atoms with Gasteiger partial charge in [-0.25, -0.2) is 13.5 Å². The Labute approximate surface area is 195 Å². The van der Waals surface area contributed by atoms with Crippen LogP contribution in [0.3, 0.4) is 0 Å². The van der Waals surface area contributed by atoms with Gasteiger partial charge in [0.15, 0.2) is 0 Å². The average Bonchev–Trinajstić information content (AvgIpc) is 3.07. The third-order valence-electron chi connectivity index (χ3n) is 5.06. The maximum atomic E-state index is 14.2. The van der Waals surface area contributed by atoms with E-state index in [1.165, 1.54) is 18.2 Å². The third-order valence-corrected chi connectivity index (χ3v) is 5.81. The molecule has 0 aliphatic heterocycles. The van der Waals surface area contributed by atoms with Crippen LogP contribution in [0.5, 0.6) is 0 Å². The Hall–Kier alpha value is -2.87. The molecule has 0 aliphatic carbocycles. The van der Waals surface area contributed by atoms with Gasteiger partial charge in [-0.1, -0.05) is 48.0 Å². The van der Waals surface area contributed by atoms with Crippen molar-refractivity contribution in [3.05, 3.63) is 111 Å². The van der Waals surface area contributed by atoms with Gasteiger partial charge >= 0.3 is 0 Å². The second kappa shape index (κ2) is 9.73. The quantitative estimate of drug-likeness (QED) is 0.309. The predicted octanol–water partition coefficient (Wildman–Crippen LogP) is 6.02. The summed E-state index contributed by atoms with van der Waals surface area (Å²) < 4.78 is 31.7. The number of halogens is 3. The first kappa shape index (κ1) is 22.3. The topological polar surface area (TPSA) is 26.0 Å². The molecule has 164 valence electrons. The zero-order valence-electron chi connectivity index (χ0n) is 17.4. The first-order valence-electron chi connectivity index (χ1n) is 10.0. The Balaban J connectivity index is 1.67. The Morgan fingerprint density at radius 1 is 0.969 bits per heavy atom. The zero-order chi connectivity index (χ0) is 22.7. The summed E-state index contributed by atoms with van der Waals surface area (Å²) in [6.07, 6.45) is 0.553. The molecular formula is C24H21ClF2N4S. The van der Waals surface area contributed by atoms with Gasteiger partial charge < -0.3 is 0 Å². The fraction of sp³-hybridized carbons (Fsp3) is 0.167. The van der Waals surface area contributed by atoms with Crippen LogP contribution >= 0.6 is 23.8 Å².